The number of amides is 2. The van der Waals surface area contributed by atoms with Crippen molar-refractivity contribution in [1.82, 2.24) is 10.6 Å². The van der Waals surface area contributed by atoms with Gasteiger partial charge in [0.1, 0.15) is 18.4 Å². The molecule has 150 valence electrons. The van der Waals surface area contributed by atoms with Gasteiger partial charge in [-0.3, -0.25) is 9.59 Å². The van der Waals surface area contributed by atoms with Gasteiger partial charge in [-0.05, 0) is 50.5 Å². The Hall–Kier alpha value is -2.82. The summed E-state index contributed by atoms with van der Waals surface area (Å²) >= 11 is 0. The van der Waals surface area contributed by atoms with Crippen LogP contribution < -0.4 is 15.4 Å². The zero-order valence-electron chi connectivity index (χ0n) is 17.3. The van der Waals surface area contributed by atoms with Crippen molar-refractivity contribution < 1.29 is 14.3 Å². The van der Waals surface area contributed by atoms with Gasteiger partial charge < -0.3 is 15.4 Å². The van der Waals surface area contributed by atoms with Gasteiger partial charge >= 0.3 is 0 Å². The van der Waals surface area contributed by atoms with Gasteiger partial charge in [0.05, 0.1) is 6.54 Å². The minimum atomic E-state index is -0.602. The predicted octanol–water partition coefficient (Wildman–Crippen LogP) is 3.56. The molecule has 2 aromatic carbocycles. The van der Waals surface area contributed by atoms with Crippen LogP contribution >= 0.6 is 0 Å². The topological polar surface area (TPSA) is 67.4 Å². The highest BCUT2D eigenvalue weighted by Gasteiger charge is 2.24. The van der Waals surface area contributed by atoms with E-state index in [0.29, 0.717) is 18.7 Å². The van der Waals surface area contributed by atoms with Crippen LogP contribution in [0.3, 0.4) is 0 Å². The second kappa shape index (κ2) is 9.93. The Morgan fingerprint density at radius 3 is 2.21 bits per heavy atom. The van der Waals surface area contributed by atoms with E-state index in [2.05, 4.69) is 16.7 Å². The predicted molar refractivity (Wildman–Crippen MR) is 112 cm³/mol. The summed E-state index contributed by atoms with van der Waals surface area (Å²) in [6.45, 7) is 10.6. The van der Waals surface area contributed by atoms with Gasteiger partial charge in [-0.15, -0.1) is 0 Å². The van der Waals surface area contributed by atoms with Gasteiger partial charge in [0.25, 0.3) is 5.91 Å². The van der Waals surface area contributed by atoms with E-state index < -0.39 is 6.04 Å². The fourth-order valence-electron chi connectivity index (χ4n) is 2.87. The van der Waals surface area contributed by atoms with Crippen molar-refractivity contribution in [2.45, 2.75) is 40.7 Å². The van der Waals surface area contributed by atoms with Crippen LogP contribution in [0.25, 0.3) is 0 Å². The normalized spacial score (nSPS) is 11.8. The minimum Gasteiger partial charge on any atom is -0.491 e. The third-order valence-electron chi connectivity index (χ3n) is 4.54. The van der Waals surface area contributed by atoms with E-state index in [-0.39, 0.29) is 17.7 Å². The lowest BCUT2D eigenvalue weighted by atomic mass is 10.0. The summed E-state index contributed by atoms with van der Waals surface area (Å²) in [5.41, 5.74) is 3.87. The molecule has 5 nitrogen and oxygen atoms in total. The number of rotatable bonds is 8. The quantitative estimate of drug-likeness (QED) is 0.686. The molecule has 0 aliphatic rings. The lowest BCUT2D eigenvalue weighted by molar-refractivity contribution is -0.124. The number of hydrogen-bond donors (Lipinski definition) is 2. The highest BCUT2D eigenvalue weighted by Crippen LogP contribution is 2.18. The Labute approximate surface area is 167 Å². The molecule has 0 spiro atoms. The van der Waals surface area contributed by atoms with E-state index in [9.17, 15) is 9.59 Å². The SMILES string of the molecule is Cc1ccc(C(=O)N[C@H](C(=O)NCCOc2ccc(C)cc2C)C(C)C)cc1. The second-order valence-electron chi connectivity index (χ2n) is 7.47. The van der Waals surface area contributed by atoms with E-state index in [0.717, 1.165) is 16.9 Å². The number of hydrogen-bond acceptors (Lipinski definition) is 3. The van der Waals surface area contributed by atoms with Crippen LogP contribution in [0.15, 0.2) is 42.5 Å². The first kappa shape index (κ1) is 21.5. The number of ether oxygens (including phenoxy) is 1. The molecule has 0 radical (unpaired) electrons. The molecule has 2 rings (SSSR count). The molecule has 2 amide bonds. The summed E-state index contributed by atoms with van der Waals surface area (Å²) in [5, 5.41) is 5.69. The molecule has 0 saturated carbocycles. The average Bonchev–Trinajstić information content (AvgIpc) is 2.64. The van der Waals surface area contributed by atoms with E-state index >= 15 is 0 Å². The Morgan fingerprint density at radius 1 is 0.964 bits per heavy atom. The number of aryl methyl sites for hydroxylation is 3. The van der Waals surface area contributed by atoms with Crippen molar-refractivity contribution in [3.63, 3.8) is 0 Å². The standard InChI is InChI=1S/C23H30N2O3/c1-15(2)21(25-22(26)19-9-6-16(3)7-10-19)23(27)24-12-13-28-20-11-8-17(4)14-18(20)5/h6-11,14-15,21H,12-13H2,1-5H3,(H,24,27)(H,25,26)/t21-/m0/s1. The fraction of sp³-hybridized carbons (Fsp3) is 0.391. The summed E-state index contributed by atoms with van der Waals surface area (Å²) in [7, 11) is 0. The van der Waals surface area contributed by atoms with Crippen molar-refractivity contribution in [2.24, 2.45) is 5.92 Å². The zero-order chi connectivity index (χ0) is 20.7. The number of carbonyl (C=O) groups excluding carboxylic acids is 2. The van der Waals surface area contributed by atoms with Crippen molar-refractivity contribution in [1.29, 1.82) is 0 Å². The summed E-state index contributed by atoms with van der Waals surface area (Å²) in [5.74, 6) is 0.322. The lowest BCUT2D eigenvalue weighted by Crippen LogP contribution is -2.50. The molecule has 0 saturated heterocycles. The van der Waals surface area contributed by atoms with Crippen LogP contribution in [0.1, 0.15) is 40.9 Å². The van der Waals surface area contributed by atoms with Gasteiger partial charge in [0, 0.05) is 5.56 Å². The highest BCUT2D eigenvalue weighted by atomic mass is 16.5. The molecule has 0 aliphatic heterocycles. The number of nitrogens with one attached hydrogen (secondary N) is 2. The van der Waals surface area contributed by atoms with E-state index in [1.807, 2.05) is 58.9 Å². The Morgan fingerprint density at radius 2 is 1.61 bits per heavy atom. The molecule has 5 heteroatoms. The molecule has 0 aliphatic carbocycles. The van der Waals surface area contributed by atoms with Crippen molar-refractivity contribution >= 4 is 11.8 Å². The summed E-state index contributed by atoms with van der Waals surface area (Å²) in [6.07, 6.45) is 0. The minimum absolute atomic E-state index is 0.0327. The Bertz CT molecular complexity index is 813. The molecule has 0 unspecified atom stereocenters. The van der Waals surface area contributed by atoms with Gasteiger partial charge in [0.15, 0.2) is 0 Å². The van der Waals surface area contributed by atoms with E-state index in [1.165, 1.54) is 5.56 Å². The summed E-state index contributed by atoms with van der Waals surface area (Å²) in [4.78, 5) is 25.0. The molecule has 2 N–H and O–H groups in total. The molecule has 0 heterocycles. The van der Waals surface area contributed by atoms with Crippen LogP contribution in [0.4, 0.5) is 0 Å². The molecule has 0 fully saturated rings. The van der Waals surface area contributed by atoms with Crippen LogP contribution in [-0.2, 0) is 4.79 Å². The molecule has 2 aromatic rings. The van der Waals surface area contributed by atoms with Gasteiger partial charge in [-0.2, -0.15) is 0 Å². The van der Waals surface area contributed by atoms with Crippen molar-refractivity contribution in [2.75, 3.05) is 13.2 Å². The Kier molecular flexibility index (Phi) is 7.61. The number of benzene rings is 2. The van der Waals surface area contributed by atoms with E-state index in [1.54, 1.807) is 12.1 Å². The first-order valence-electron chi connectivity index (χ1n) is 9.63. The lowest BCUT2D eigenvalue weighted by Gasteiger charge is -2.22. The molecule has 0 bridgehead atoms. The van der Waals surface area contributed by atoms with Gasteiger partial charge in [-0.1, -0.05) is 49.2 Å². The number of carbonyl (C=O) groups is 2. The third-order valence-corrected chi connectivity index (χ3v) is 4.54. The van der Waals surface area contributed by atoms with Crippen molar-refractivity contribution in [3.05, 3.63) is 64.7 Å². The zero-order valence-corrected chi connectivity index (χ0v) is 17.3. The highest BCUT2D eigenvalue weighted by molar-refractivity contribution is 5.97. The van der Waals surface area contributed by atoms with Crippen molar-refractivity contribution in [3.8, 4) is 5.75 Å². The first-order chi connectivity index (χ1) is 13.3. The maximum Gasteiger partial charge on any atom is 0.251 e. The molecule has 1 atom stereocenters. The van der Waals surface area contributed by atoms with Crippen LogP contribution in [0.2, 0.25) is 0 Å². The van der Waals surface area contributed by atoms with Crippen LogP contribution in [0.5, 0.6) is 5.75 Å². The molecular formula is C23H30N2O3. The maximum atomic E-state index is 12.5. The maximum absolute atomic E-state index is 12.5. The third kappa shape index (κ3) is 6.12. The van der Waals surface area contributed by atoms with Crippen LogP contribution in [-0.4, -0.2) is 31.0 Å². The Balaban J connectivity index is 1.86. The second-order valence-corrected chi connectivity index (χ2v) is 7.47. The first-order valence-corrected chi connectivity index (χ1v) is 9.63. The summed E-state index contributed by atoms with van der Waals surface area (Å²) < 4.78 is 5.74. The smallest absolute Gasteiger partial charge is 0.251 e. The van der Waals surface area contributed by atoms with Crippen LogP contribution in [0, 0.1) is 26.7 Å². The van der Waals surface area contributed by atoms with Gasteiger partial charge in [0.2, 0.25) is 5.91 Å². The molecule has 0 aromatic heterocycles. The van der Waals surface area contributed by atoms with Gasteiger partial charge in [-0.25, -0.2) is 0 Å². The largest absolute Gasteiger partial charge is 0.491 e. The summed E-state index contributed by atoms with van der Waals surface area (Å²) in [6, 6.07) is 12.7. The van der Waals surface area contributed by atoms with E-state index in [4.69, 9.17) is 4.74 Å². The molecular weight excluding hydrogens is 352 g/mol. The average molecular weight is 383 g/mol. The monoisotopic (exact) mass is 382 g/mol. The molecule has 28 heavy (non-hydrogen) atoms. The fourth-order valence-corrected chi connectivity index (χ4v) is 2.87.